The first-order valence-corrected chi connectivity index (χ1v) is 7.32. The highest BCUT2D eigenvalue weighted by molar-refractivity contribution is 5.73. The molecule has 2 heteroatoms. The first-order valence-electron chi connectivity index (χ1n) is 7.32. The summed E-state index contributed by atoms with van der Waals surface area (Å²) in [6.45, 7) is 8.55. The summed E-state index contributed by atoms with van der Waals surface area (Å²) in [6.07, 6.45) is 6.56. The van der Waals surface area contributed by atoms with E-state index in [0.717, 1.165) is 30.6 Å². The van der Waals surface area contributed by atoms with E-state index >= 15 is 0 Å². The van der Waals surface area contributed by atoms with Gasteiger partial charge in [-0.25, -0.2) is 0 Å². The van der Waals surface area contributed by atoms with Gasteiger partial charge in [0.25, 0.3) is 0 Å². The van der Waals surface area contributed by atoms with Gasteiger partial charge < -0.3 is 4.74 Å². The standard InChI is InChI=1S/C16H26O2/c1-5-7-13-14(16(17)18-4)9-12-8-11(6-2)10(3)15(12)13/h5,10-15H,1,6-9H2,2-4H3/t10-,11+,12+,13+,14-,15?/m0/s1. The van der Waals surface area contributed by atoms with Crippen molar-refractivity contribution in [3.05, 3.63) is 12.7 Å². The number of carbonyl (C=O) groups is 1. The zero-order valence-corrected chi connectivity index (χ0v) is 11.9. The van der Waals surface area contributed by atoms with Crippen LogP contribution in [0.4, 0.5) is 0 Å². The zero-order chi connectivity index (χ0) is 13.3. The van der Waals surface area contributed by atoms with Gasteiger partial charge in [0.2, 0.25) is 0 Å². The molecule has 2 aliphatic carbocycles. The van der Waals surface area contributed by atoms with Crippen molar-refractivity contribution >= 4 is 5.97 Å². The van der Waals surface area contributed by atoms with Crippen LogP contribution in [0.5, 0.6) is 0 Å². The van der Waals surface area contributed by atoms with Crippen molar-refractivity contribution in [2.24, 2.45) is 35.5 Å². The van der Waals surface area contributed by atoms with Crippen LogP contribution in [-0.4, -0.2) is 13.1 Å². The molecule has 0 saturated heterocycles. The highest BCUT2D eigenvalue weighted by Gasteiger charge is 2.53. The van der Waals surface area contributed by atoms with E-state index in [0.29, 0.717) is 11.8 Å². The minimum absolute atomic E-state index is 0.00324. The van der Waals surface area contributed by atoms with Crippen molar-refractivity contribution in [1.29, 1.82) is 0 Å². The Kier molecular flexibility index (Phi) is 4.14. The van der Waals surface area contributed by atoms with E-state index in [1.807, 2.05) is 6.08 Å². The van der Waals surface area contributed by atoms with Crippen molar-refractivity contribution in [1.82, 2.24) is 0 Å². The van der Waals surface area contributed by atoms with E-state index in [-0.39, 0.29) is 11.9 Å². The maximum atomic E-state index is 11.9. The van der Waals surface area contributed by atoms with Gasteiger partial charge >= 0.3 is 5.97 Å². The number of allylic oxidation sites excluding steroid dienone is 1. The summed E-state index contributed by atoms with van der Waals surface area (Å²) in [4.78, 5) is 11.9. The van der Waals surface area contributed by atoms with Gasteiger partial charge in [-0.05, 0) is 48.9 Å². The van der Waals surface area contributed by atoms with Crippen LogP contribution >= 0.6 is 0 Å². The summed E-state index contributed by atoms with van der Waals surface area (Å²) in [5, 5.41) is 0. The summed E-state index contributed by atoms with van der Waals surface area (Å²) in [7, 11) is 1.51. The third kappa shape index (κ3) is 2.10. The molecule has 18 heavy (non-hydrogen) atoms. The minimum Gasteiger partial charge on any atom is -0.469 e. The molecule has 6 atom stereocenters. The van der Waals surface area contributed by atoms with Gasteiger partial charge in [0, 0.05) is 0 Å². The van der Waals surface area contributed by atoms with E-state index in [2.05, 4.69) is 20.4 Å². The molecular weight excluding hydrogens is 224 g/mol. The topological polar surface area (TPSA) is 26.3 Å². The average molecular weight is 250 g/mol. The largest absolute Gasteiger partial charge is 0.469 e. The number of rotatable bonds is 4. The van der Waals surface area contributed by atoms with Gasteiger partial charge in [-0.2, -0.15) is 0 Å². The number of carbonyl (C=O) groups excluding carboxylic acids is 1. The first-order chi connectivity index (χ1) is 8.63. The number of esters is 1. The summed E-state index contributed by atoms with van der Waals surface area (Å²) < 4.78 is 4.99. The van der Waals surface area contributed by atoms with Crippen LogP contribution < -0.4 is 0 Å². The molecule has 0 aromatic heterocycles. The lowest BCUT2D eigenvalue weighted by atomic mass is 9.78. The lowest BCUT2D eigenvalue weighted by Crippen LogP contribution is -2.27. The van der Waals surface area contributed by atoms with Crippen molar-refractivity contribution in [3.8, 4) is 0 Å². The Hall–Kier alpha value is -0.790. The van der Waals surface area contributed by atoms with Crippen LogP contribution in [0.3, 0.4) is 0 Å². The van der Waals surface area contributed by atoms with Crippen molar-refractivity contribution in [2.75, 3.05) is 7.11 Å². The Labute approximate surface area is 111 Å². The molecule has 0 aromatic rings. The van der Waals surface area contributed by atoms with Gasteiger partial charge in [0.15, 0.2) is 0 Å². The van der Waals surface area contributed by atoms with Crippen molar-refractivity contribution in [3.63, 3.8) is 0 Å². The van der Waals surface area contributed by atoms with E-state index < -0.39 is 0 Å². The molecule has 2 saturated carbocycles. The van der Waals surface area contributed by atoms with Crippen LogP contribution in [0.1, 0.15) is 39.5 Å². The number of ether oxygens (including phenoxy) is 1. The average Bonchev–Trinajstić information content (AvgIpc) is 2.87. The normalized spacial score (nSPS) is 42.6. The highest BCUT2D eigenvalue weighted by Crippen LogP contribution is 2.57. The number of fused-ring (bicyclic) bond motifs is 1. The highest BCUT2D eigenvalue weighted by atomic mass is 16.5. The smallest absolute Gasteiger partial charge is 0.308 e. The molecule has 0 radical (unpaired) electrons. The summed E-state index contributed by atoms with van der Waals surface area (Å²) in [6, 6.07) is 0. The molecule has 2 aliphatic rings. The molecule has 0 spiro atoms. The fourth-order valence-corrected chi connectivity index (χ4v) is 4.74. The molecule has 2 nitrogen and oxygen atoms in total. The van der Waals surface area contributed by atoms with Crippen LogP contribution in [0.25, 0.3) is 0 Å². The Balaban J connectivity index is 2.18. The number of hydrogen-bond donors (Lipinski definition) is 0. The van der Waals surface area contributed by atoms with Crippen molar-refractivity contribution in [2.45, 2.75) is 39.5 Å². The third-order valence-corrected chi connectivity index (χ3v) is 5.54. The molecule has 0 amide bonds. The fourth-order valence-electron chi connectivity index (χ4n) is 4.74. The molecule has 0 aromatic carbocycles. The molecule has 1 unspecified atom stereocenters. The molecule has 0 heterocycles. The second-order valence-corrected chi connectivity index (χ2v) is 6.15. The van der Waals surface area contributed by atoms with Gasteiger partial charge in [-0.15, -0.1) is 6.58 Å². The molecule has 0 aliphatic heterocycles. The lowest BCUT2D eigenvalue weighted by molar-refractivity contribution is -0.147. The summed E-state index contributed by atoms with van der Waals surface area (Å²) in [5.41, 5.74) is 0. The Morgan fingerprint density at radius 3 is 2.72 bits per heavy atom. The predicted octanol–water partition coefficient (Wildman–Crippen LogP) is 3.67. The van der Waals surface area contributed by atoms with Gasteiger partial charge in [-0.1, -0.05) is 26.3 Å². The van der Waals surface area contributed by atoms with Crippen LogP contribution in [0.2, 0.25) is 0 Å². The maximum Gasteiger partial charge on any atom is 0.308 e. The quantitative estimate of drug-likeness (QED) is 0.562. The third-order valence-electron chi connectivity index (χ3n) is 5.54. The molecule has 0 N–H and O–H groups in total. The summed E-state index contributed by atoms with van der Waals surface area (Å²) in [5.74, 6) is 3.62. The number of methoxy groups -OCH3 is 1. The zero-order valence-electron chi connectivity index (χ0n) is 11.9. The second-order valence-electron chi connectivity index (χ2n) is 6.15. The molecule has 2 rings (SSSR count). The van der Waals surface area contributed by atoms with E-state index in [4.69, 9.17) is 4.74 Å². The number of hydrogen-bond acceptors (Lipinski definition) is 2. The lowest BCUT2D eigenvalue weighted by Gasteiger charge is -2.27. The Morgan fingerprint density at radius 1 is 1.44 bits per heavy atom. The fraction of sp³-hybridized carbons (Fsp3) is 0.812. The van der Waals surface area contributed by atoms with Crippen LogP contribution in [0, 0.1) is 35.5 Å². The maximum absolute atomic E-state index is 11.9. The molecule has 0 bridgehead atoms. The van der Waals surface area contributed by atoms with Gasteiger partial charge in [-0.3, -0.25) is 4.79 Å². The van der Waals surface area contributed by atoms with Crippen LogP contribution in [-0.2, 0) is 9.53 Å². The van der Waals surface area contributed by atoms with Gasteiger partial charge in [0.1, 0.15) is 0 Å². The molecule has 2 fully saturated rings. The Bertz CT molecular complexity index is 323. The van der Waals surface area contributed by atoms with E-state index in [1.54, 1.807) is 0 Å². The SMILES string of the molecule is C=CC[C@H]1C2[C@H](C[C@@H](CC)[C@@H]2C)C[C@@H]1C(=O)OC. The first kappa shape index (κ1) is 13.6. The monoisotopic (exact) mass is 250 g/mol. The van der Waals surface area contributed by atoms with E-state index in [1.165, 1.54) is 20.0 Å². The second kappa shape index (κ2) is 5.46. The minimum atomic E-state index is -0.00324. The molecule has 102 valence electrons. The van der Waals surface area contributed by atoms with E-state index in [9.17, 15) is 4.79 Å². The van der Waals surface area contributed by atoms with Crippen molar-refractivity contribution < 1.29 is 9.53 Å². The molecular formula is C16H26O2. The Morgan fingerprint density at radius 2 is 2.17 bits per heavy atom. The van der Waals surface area contributed by atoms with Gasteiger partial charge in [0.05, 0.1) is 13.0 Å². The summed E-state index contributed by atoms with van der Waals surface area (Å²) >= 11 is 0. The predicted molar refractivity (Wildman–Crippen MR) is 73.0 cm³/mol. The van der Waals surface area contributed by atoms with Crippen LogP contribution in [0.15, 0.2) is 12.7 Å².